The van der Waals surface area contributed by atoms with Crippen molar-refractivity contribution in [3.05, 3.63) is 126 Å². The number of carbonyl (C=O) groups is 2. The maximum Gasteiger partial charge on any atom is 0.291 e. The summed E-state index contributed by atoms with van der Waals surface area (Å²) in [7, 11) is 0. The quantitative estimate of drug-likeness (QED) is 0.289. The van der Waals surface area contributed by atoms with Gasteiger partial charge in [0.2, 0.25) is 0 Å². The van der Waals surface area contributed by atoms with E-state index in [1.807, 2.05) is 60.7 Å². The lowest BCUT2D eigenvalue weighted by Crippen LogP contribution is -2.17. The maximum atomic E-state index is 13.4. The van der Waals surface area contributed by atoms with E-state index in [9.17, 15) is 9.59 Å². The van der Waals surface area contributed by atoms with Gasteiger partial charge in [-0.3, -0.25) is 9.59 Å². The molecule has 172 valence electrons. The van der Waals surface area contributed by atoms with Gasteiger partial charge >= 0.3 is 0 Å². The first kappa shape index (κ1) is 22.0. The van der Waals surface area contributed by atoms with E-state index in [4.69, 9.17) is 9.15 Å². The molecule has 0 unspecified atom stereocenters. The smallest absolute Gasteiger partial charge is 0.291 e. The molecule has 6 nitrogen and oxygen atoms in total. The van der Waals surface area contributed by atoms with Crippen molar-refractivity contribution in [3.8, 4) is 5.75 Å². The van der Waals surface area contributed by atoms with Crippen molar-refractivity contribution >= 4 is 34.2 Å². The van der Waals surface area contributed by atoms with Crippen molar-refractivity contribution in [2.75, 3.05) is 10.6 Å². The fourth-order valence-electron chi connectivity index (χ4n) is 3.76. The summed E-state index contributed by atoms with van der Waals surface area (Å²) in [5.74, 6) is 0.145. The van der Waals surface area contributed by atoms with Gasteiger partial charge in [0.25, 0.3) is 11.8 Å². The highest BCUT2D eigenvalue weighted by atomic mass is 16.5. The minimum atomic E-state index is -0.436. The Morgan fingerprint density at radius 2 is 1.23 bits per heavy atom. The third kappa shape index (κ3) is 4.91. The third-order valence-electron chi connectivity index (χ3n) is 5.49. The van der Waals surface area contributed by atoms with Crippen LogP contribution in [0.3, 0.4) is 0 Å². The van der Waals surface area contributed by atoms with E-state index in [0.29, 0.717) is 33.8 Å². The lowest BCUT2D eigenvalue weighted by molar-refractivity contribution is 0.0992. The minimum Gasteiger partial charge on any atom is -0.489 e. The Morgan fingerprint density at radius 1 is 0.657 bits per heavy atom. The summed E-state index contributed by atoms with van der Waals surface area (Å²) in [6, 6.07) is 32.8. The number of furan rings is 1. The van der Waals surface area contributed by atoms with E-state index in [-0.39, 0.29) is 18.3 Å². The Labute approximate surface area is 202 Å². The van der Waals surface area contributed by atoms with Gasteiger partial charge in [0.05, 0.1) is 11.4 Å². The fraction of sp³-hybridized carbons (Fsp3) is 0.0345. The molecular formula is C29H22N2O4. The molecule has 0 saturated heterocycles. The molecule has 4 aromatic carbocycles. The molecular weight excluding hydrogens is 440 g/mol. The van der Waals surface area contributed by atoms with Crippen LogP contribution in [0.5, 0.6) is 5.75 Å². The number of hydrogen-bond donors (Lipinski definition) is 2. The lowest BCUT2D eigenvalue weighted by atomic mass is 10.1. The van der Waals surface area contributed by atoms with Gasteiger partial charge in [-0.1, -0.05) is 66.7 Å². The van der Waals surface area contributed by atoms with Gasteiger partial charge in [-0.25, -0.2) is 0 Å². The number of para-hydroxylation sites is 4. The molecule has 5 aromatic rings. The van der Waals surface area contributed by atoms with Crippen LogP contribution < -0.4 is 15.4 Å². The van der Waals surface area contributed by atoms with E-state index in [2.05, 4.69) is 10.6 Å². The molecule has 2 N–H and O–H groups in total. The Balaban J connectivity index is 1.41. The molecule has 0 aliphatic carbocycles. The average Bonchev–Trinajstić information content (AvgIpc) is 3.28. The molecule has 0 fully saturated rings. The Bertz CT molecular complexity index is 1480. The molecule has 0 atom stereocenters. The largest absolute Gasteiger partial charge is 0.489 e. The summed E-state index contributed by atoms with van der Waals surface area (Å²) in [5.41, 5.74) is 2.69. The van der Waals surface area contributed by atoms with Gasteiger partial charge in [-0.15, -0.1) is 0 Å². The Morgan fingerprint density at radius 3 is 1.94 bits per heavy atom. The SMILES string of the molecule is O=C(Nc1ccccc1NC(=O)c1oc2ccccc2c1COc1ccccc1)c1ccccc1. The number of benzene rings is 4. The van der Waals surface area contributed by atoms with Gasteiger partial charge in [-0.05, 0) is 42.5 Å². The standard InChI is InChI=1S/C29H22N2O4/c32-28(20-11-3-1-4-12-20)30-24-16-8-9-17-25(24)31-29(33)27-23(19-34-21-13-5-2-6-14-21)22-15-7-10-18-26(22)35-27/h1-18H,19H2,(H,30,32)(H,31,33). The monoisotopic (exact) mass is 462 g/mol. The highest BCUT2D eigenvalue weighted by Crippen LogP contribution is 2.29. The van der Waals surface area contributed by atoms with E-state index in [1.54, 1.807) is 48.5 Å². The van der Waals surface area contributed by atoms with E-state index < -0.39 is 5.91 Å². The van der Waals surface area contributed by atoms with Gasteiger partial charge in [-0.2, -0.15) is 0 Å². The summed E-state index contributed by atoms with van der Waals surface area (Å²) < 4.78 is 11.9. The highest BCUT2D eigenvalue weighted by Gasteiger charge is 2.22. The van der Waals surface area contributed by atoms with Crippen LogP contribution in [0, 0.1) is 0 Å². The molecule has 0 radical (unpaired) electrons. The van der Waals surface area contributed by atoms with Gasteiger partial charge in [0, 0.05) is 16.5 Å². The van der Waals surface area contributed by atoms with Crippen LogP contribution in [0.15, 0.2) is 114 Å². The zero-order valence-electron chi connectivity index (χ0n) is 18.7. The van der Waals surface area contributed by atoms with Gasteiger partial charge in [0.1, 0.15) is 17.9 Å². The van der Waals surface area contributed by atoms with Crippen LogP contribution >= 0.6 is 0 Å². The molecule has 6 heteroatoms. The summed E-state index contributed by atoms with van der Waals surface area (Å²) >= 11 is 0. The van der Waals surface area contributed by atoms with E-state index in [0.717, 1.165) is 5.39 Å². The van der Waals surface area contributed by atoms with Crippen molar-refractivity contribution in [1.82, 2.24) is 0 Å². The summed E-state index contributed by atoms with van der Waals surface area (Å²) in [5, 5.41) is 6.55. The third-order valence-corrected chi connectivity index (χ3v) is 5.49. The van der Waals surface area contributed by atoms with Crippen LogP contribution in [-0.2, 0) is 6.61 Å². The molecule has 0 bridgehead atoms. The van der Waals surface area contributed by atoms with Crippen LogP contribution in [0.2, 0.25) is 0 Å². The molecule has 0 aliphatic heterocycles. The minimum absolute atomic E-state index is 0.159. The summed E-state index contributed by atoms with van der Waals surface area (Å²) in [4.78, 5) is 26.0. The van der Waals surface area contributed by atoms with Crippen molar-refractivity contribution in [2.24, 2.45) is 0 Å². The normalized spacial score (nSPS) is 10.6. The average molecular weight is 463 g/mol. The Kier molecular flexibility index (Phi) is 6.26. The van der Waals surface area contributed by atoms with Crippen LogP contribution in [-0.4, -0.2) is 11.8 Å². The topological polar surface area (TPSA) is 80.6 Å². The lowest BCUT2D eigenvalue weighted by Gasteiger charge is -2.12. The molecule has 0 spiro atoms. The number of ether oxygens (including phenoxy) is 1. The second kappa shape index (κ2) is 9.97. The molecule has 0 aliphatic rings. The van der Waals surface area contributed by atoms with Crippen LogP contribution in [0.4, 0.5) is 11.4 Å². The first-order valence-corrected chi connectivity index (χ1v) is 11.1. The number of nitrogens with one attached hydrogen (secondary N) is 2. The summed E-state index contributed by atoms with van der Waals surface area (Å²) in [6.45, 7) is 0.163. The van der Waals surface area contributed by atoms with Gasteiger partial charge < -0.3 is 19.8 Å². The van der Waals surface area contributed by atoms with Crippen molar-refractivity contribution in [2.45, 2.75) is 6.61 Å². The van der Waals surface area contributed by atoms with E-state index >= 15 is 0 Å². The zero-order valence-corrected chi connectivity index (χ0v) is 18.7. The maximum absolute atomic E-state index is 13.4. The second-order valence-corrected chi connectivity index (χ2v) is 7.83. The summed E-state index contributed by atoms with van der Waals surface area (Å²) in [6.07, 6.45) is 0. The van der Waals surface area contributed by atoms with Crippen molar-refractivity contribution < 1.29 is 18.7 Å². The van der Waals surface area contributed by atoms with Gasteiger partial charge in [0.15, 0.2) is 5.76 Å². The molecule has 0 saturated carbocycles. The van der Waals surface area contributed by atoms with Crippen molar-refractivity contribution in [3.63, 3.8) is 0 Å². The number of anilines is 2. The molecule has 2 amide bonds. The number of rotatable bonds is 7. The molecule has 35 heavy (non-hydrogen) atoms. The van der Waals surface area contributed by atoms with Crippen molar-refractivity contribution in [1.29, 1.82) is 0 Å². The predicted octanol–water partition coefficient (Wildman–Crippen LogP) is 6.52. The number of fused-ring (bicyclic) bond motifs is 1. The fourth-order valence-corrected chi connectivity index (χ4v) is 3.76. The molecule has 1 heterocycles. The predicted molar refractivity (Wildman–Crippen MR) is 136 cm³/mol. The first-order valence-electron chi connectivity index (χ1n) is 11.1. The second-order valence-electron chi connectivity index (χ2n) is 7.83. The number of carbonyl (C=O) groups excluding carboxylic acids is 2. The Hall–Kier alpha value is -4.84. The zero-order chi connectivity index (χ0) is 24.0. The van der Waals surface area contributed by atoms with Crippen LogP contribution in [0.1, 0.15) is 26.5 Å². The first-order chi connectivity index (χ1) is 17.2. The number of amides is 2. The van der Waals surface area contributed by atoms with Crippen LogP contribution in [0.25, 0.3) is 11.0 Å². The molecule has 5 rings (SSSR count). The van der Waals surface area contributed by atoms with E-state index in [1.165, 1.54) is 0 Å². The number of hydrogen-bond acceptors (Lipinski definition) is 4. The molecule has 1 aromatic heterocycles. The highest BCUT2D eigenvalue weighted by molar-refractivity contribution is 6.10.